The van der Waals surface area contributed by atoms with Gasteiger partial charge in [0.1, 0.15) is 18.1 Å². The molecule has 0 aromatic heterocycles. The highest BCUT2D eigenvalue weighted by molar-refractivity contribution is 5.96. The standard InChI is InChI=1S/C22H25FN2O5/c1-3-29-19-10-6-17(7-11-19)22(28)25-14-20(26)30-15(2)21(27)24-13-12-16-4-8-18(23)9-5-16/h4-11,15H,3,12-14H2,1-2H3,(H,24,27)(H,25,28)/t15-/m0/s1. The molecule has 0 heterocycles. The van der Waals surface area contributed by atoms with E-state index in [0.29, 0.717) is 30.9 Å². The average Bonchev–Trinajstić information content (AvgIpc) is 2.74. The fraction of sp³-hybridized carbons (Fsp3) is 0.318. The Balaban J connectivity index is 1.69. The fourth-order valence-corrected chi connectivity index (χ4v) is 2.54. The number of halogens is 1. The third-order valence-electron chi connectivity index (χ3n) is 4.12. The van der Waals surface area contributed by atoms with Crippen LogP contribution in [0.25, 0.3) is 0 Å². The third-order valence-corrected chi connectivity index (χ3v) is 4.12. The molecule has 0 saturated heterocycles. The Kier molecular flexibility index (Phi) is 8.80. The Labute approximate surface area is 174 Å². The van der Waals surface area contributed by atoms with Crippen molar-refractivity contribution in [1.82, 2.24) is 10.6 Å². The van der Waals surface area contributed by atoms with Gasteiger partial charge in [-0.1, -0.05) is 12.1 Å². The first kappa shape index (κ1) is 22.9. The lowest BCUT2D eigenvalue weighted by Gasteiger charge is -2.14. The van der Waals surface area contributed by atoms with Crippen molar-refractivity contribution in [2.45, 2.75) is 26.4 Å². The molecule has 2 amide bonds. The summed E-state index contributed by atoms with van der Waals surface area (Å²) < 4.78 is 23.2. The molecule has 0 saturated carbocycles. The van der Waals surface area contributed by atoms with Crippen molar-refractivity contribution in [1.29, 1.82) is 0 Å². The molecular formula is C22H25FN2O5. The van der Waals surface area contributed by atoms with Crippen LogP contribution in [0.3, 0.4) is 0 Å². The van der Waals surface area contributed by atoms with Gasteiger partial charge in [-0.3, -0.25) is 14.4 Å². The lowest BCUT2D eigenvalue weighted by Crippen LogP contribution is -2.39. The minimum Gasteiger partial charge on any atom is -0.494 e. The van der Waals surface area contributed by atoms with Crippen LogP contribution in [0.4, 0.5) is 4.39 Å². The Bertz CT molecular complexity index is 853. The number of ether oxygens (including phenoxy) is 2. The molecule has 0 aliphatic heterocycles. The number of hydrogen-bond acceptors (Lipinski definition) is 5. The summed E-state index contributed by atoms with van der Waals surface area (Å²) in [6.07, 6.45) is -0.488. The molecule has 0 bridgehead atoms. The van der Waals surface area contributed by atoms with Crippen LogP contribution in [0.2, 0.25) is 0 Å². The van der Waals surface area contributed by atoms with Crippen molar-refractivity contribution >= 4 is 17.8 Å². The van der Waals surface area contributed by atoms with E-state index in [-0.39, 0.29) is 12.4 Å². The van der Waals surface area contributed by atoms with Gasteiger partial charge in [-0.2, -0.15) is 0 Å². The summed E-state index contributed by atoms with van der Waals surface area (Å²) in [5.74, 6) is -1.30. The predicted molar refractivity (Wildman–Crippen MR) is 109 cm³/mol. The fourth-order valence-electron chi connectivity index (χ4n) is 2.54. The largest absolute Gasteiger partial charge is 0.494 e. The van der Waals surface area contributed by atoms with Crippen molar-refractivity contribution in [2.75, 3.05) is 19.7 Å². The summed E-state index contributed by atoms with van der Waals surface area (Å²) in [6.45, 7) is 3.79. The van der Waals surface area contributed by atoms with E-state index < -0.39 is 23.9 Å². The molecule has 0 unspecified atom stereocenters. The summed E-state index contributed by atoms with van der Waals surface area (Å²) in [5, 5.41) is 5.10. The normalized spacial score (nSPS) is 11.3. The summed E-state index contributed by atoms with van der Waals surface area (Å²) in [6, 6.07) is 12.5. The maximum Gasteiger partial charge on any atom is 0.326 e. The predicted octanol–water partition coefficient (Wildman–Crippen LogP) is 2.24. The number of hydrogen-bond donors (Lipinski definition) is 2. The van der Waals surface area contributed by atoms with E-state index >= 15 is 0 Å². The van der Waals surface area contributed by atoms with Crippen LogP contribution in [-0.4, -0.2) is 43.6 Å². The Morgan fingerprint density at radius 1 is 1.00 bits per heavy atom. The van der Waals surface area contributed by atoms with Crippen LogP contribution in [0.15, 0.2) is 48.5 Å². The molecule has 160 valence electrons. The third kappa shape index (κ3) is 7.54. The molecule has 7 nitrogen and oxygen atoms in total. The van der Waals surface area contributed by atoms with Gasteiger partial charge in [0.2, 0.25) is 0 Å². The average molecular weight is 416 g/mol. The van der Waals surface area contributed by atoms with Crippen molar-refractivity contribution in [2.24, 2.45) is 0 Å². The first-order valence-corrected chi connectivity index (χ1v) is 9.61. The quantitative estimate of drug-likeness (QED) is 0.580. The Morgan fingerprint density at radius 2 is 1.67 bits per heavy atom. The van der Waals surface area contributed by atoms with Crippen LogP contribution in [0.1, 0.15) is 29.8 Å². The minimum atomic E-state index is -1.01. The molecule has 2 aromatic carbocycles. The number of nitrogens with one attached hydrogen (secondary N) is 2. The van der Waals surface area contributed by atoms with Gasteiger partial charge in [0, 0.05) is 12.1 Å². The molecule has 0 radical (unpaired) electrons. The number of esters is 1. The summed E-state index contributed by atoms with van der Waals surface area (Å²) in [4.78, 5) is 36.0. The molecule has 30 heavy (non-hydrogen) atoms. The molecule has 0 aliphatic rings. The lowest BCUT2D eigenvalue weighted by atomic mass is 10.1. The molecule has 2 N–H and O–H groups in total. The molecule has 2 rings (SSSR count). The highest BCUT2D eigenvalue weighted by atomic mass is 19.1. The van der Waals surface area contributed by atoms with Crippen LogP contribution < -0.4 is 15.4 Å². The first-order chi connectivity index (χ1) is 14.4. The second kappa shape index (κ2) is 11.5. The van der Waals surface area contributed by atoms with Gasteiger partial charge in [0.05, 0.1) is 6.61 Å². The summed E-state index contributed by atoms with van der Waals surface area (Å²) in [5.41, 5.74) is 1.25. The maximum atomic E-state index is 12.9. The molecule has 0 spiro atoms. The monoisotopic (exact) mass is 416 g/mol. The van der Waals surface area contributed by atoms with E-state index in [1.54, 1.807) is 36.4 Å². The van der Waals surface area contributed by atoms with E-state index in [0.717, 1.165) is 5.56 Å². The number of carbonyl (C=O) groups is 3. The smallest absolute Gasteiger partial charge is 0.326 e. The van der Waals surface area contributed by atoms with Crippen LogP contribution >= 0.6 is 0 Å². The number of rotatable bonds is 10. The topological polar surface area (TPSA) is 93.7 Å². The van der Waals surface area contributed by atoms with Crippen molar-refractivity contribution in [3.63, 3.8) is 0 Å². The highest BCUT2D eigenvalue weighted by Gasteiger charge is 2.18. The zero-order chi connectivity index (χ0) is 21.9. The first-order valence-electron chi connectivity index (χ1n) is 9.61. The SMILES string of the molecule is CCOc1ccc(C(=O)NCC(=O)O[C@@H](C)C(=O)NCCc2ccc(F)cc2)cc1. The van der Waals surface area contributed by atoms with Crippen molar-refractivity contribution in [3.05, 3.63) is 65.5 Å². The molecule has 0 aliphatic carbocycles. The van der Waals surface area contributed by atoms with Gasteiger partial charge in [0.15, 0.2) is 6.10 Å². The zero-order valence-corrected chi connectivity index (χ0v) is 16.9. The van der Waals surface area contributed by atoms with Gasteiger partial charge < -0.3 is 20.1 Å². The van der Waals surface area contributed by atoms with Gasteiger partial charge in [-0.25, -0.2) is 4.39 Å². The van der Waals surface area contributed by atoms with Crippen LogP contribution in [0.5, 0.6) is 5.75 Å². The van der Waals surface area contributed by atoms with Gasteiger partial charge in [-0.15, -0.1) is 0 Å². The summed E-state index contributed by atoms with van der Waals surface area (Å²) >= 11 is 0. The van der Waals surface area contributed by atoms with Gasteiger partial charge >= 0.3 is 5.97 Å². The van der Waals surface area contributed by atoms with E-state index in [1.807, 2.05) is 6.92 Å². The number of benzene rings is 2. The van der Waals surface area contributed by atoms with E-state index in [1.165, 1.54) is 19.1 Å². The van der Waals surface area contributed by atoms with Crippen LogP contribution in [0, 0.1) is 5.82 Å². The highest BCUT2D eigenvalue weighted by Crippen LogP contribution is 2.11. The molecule has 2 aromatic rings. The number of amides is 2. The summed E-state index contributed by atoms with van der Waals surface area (Å²) in [7, 11) is 0. The van der Waals surface area contributed by atoms with Crippen molar-refractivity contribution in [3.8, 4) is 5.75 Å². The zero-order valence-electron chi connectivity index (χ0n) is 16.9. The maximum absolute atomic E-state index is 12.9. The second-order valence-electron chi connectivity index (χ2n) is 6.44. The Morgan fingerprint density at radius 3 is 2.30 bits per heavy atom. The van der Waals surface area contributed by atoms with E-state index in [9.17, 15) is 18.8 Å². The second-order valence-corrected chi connectivity index (χ2v) is 6.44. The molecule has 0 fully saturated rings. The molecule has 8 heteroatoms. The van der Waals surface area contributed by atoms with Crippen LogP contribution in [-0.2, 0) is 20.7 Å². The van der Waals surface area contributed by atoms with Gasteiger partial charge in [-0.05, 0) is 62.2 Å². The Hall–Kier alpha value is -3.42. The van der Waals surface area contributed by atoms with E-state index in [4.69, 9.17) is 9.47 Å². The van der Waals surface area contributed by atoms with E-state index in [2.05, 4.69) is 10.6 Å². The minimum absolute atomic E-state index is 0.320. The van der Waals surface area contributed by atoms with Crippen molar-refractivity contribution < 1.29 is 28.2 Å². The number of carbonyl (C=O) groups excluding carboxylic acids is 3. The molecular weight excluding hydrogens is 391 g/mol. The lowest BCUT2D eigenvalue weighted by molar-refractivity contribution is -0.153. The molecule has 1 atom stereocenters. The van der Waals surface area contributed by atoms with Gasteiger partial charge in [0.25, 0.3) is 11.8 Å².